The Labute approximate surface area is 131 Å². The van der Waals surface area contributed by atoms with Gasteiger partial charge in [0.2, 0.25) is 0 Å². The first kappa shape index (κ1) is 15.6. The number of rotatable bonds is 5. The van der Waals surface area contributed by atoms with E-state index < -0.39 is 4.92 Å². The van der Waals surface area contributed by atoms with Crippen molar-refractivity contribution in [3.63, 3.8) is 0 Å². The fourth-order valence-corrected chi connectivity index (χ4v) is 2.34. The number of ether oxygens (including phenoxy) is 1. The lowest BCUT2D eigenvalue weighted by atomic mass is 10.1. The Morgan fingerprint density at radius 1 is 1.19 bits per heavy atom. The van der Waals surface area contributed by atoms with Crippen LogP contribution < -0.4 is 10.5 Å². The van der Waals surface area contributed by atoms with Gasteiger partial charge in [0.05, 0.1) is 21.0 Å². The standard InChI is InChI=1S/C14H12Cl2N2O3/c15-11-6-10(18(19)20)7-12(16)14(11)21-8-13(17)9-4-2-1-3-5-9/h1-7,13H,8,17H2. The first-order valence-corrected chi connectivity index (χ1v) is 6.81. The monoisotopic (exact) mass is 326 g/mol. The highest BCUT2D eigenvalue weighted by atomic mass is 35.5. The largest absolute Gasteiger partial charge is 0.488 e. The second kappa shape index (κ2) is 6.76. The van der Waals surface area contributed by atoms with Crippen LogP contribution in [0, 0.1) is 10.1 Å². The highest BCUT2D eigenvalue weighted by molar-refractivity contribution is 6.37. The summed E-state index contributed by atoms with van der Waals surface area (Å²) < 4.78 is 5.51. The molecule has 0 saturated heterocycles. The van der Waals surface area contributed by atoms with Gasteiger partial charge in [-0.1, -0.05) is 53.5 Å². The minimum Gasteiger partial charge on any atom is -0.488 e. The second-order valence-electron chi connectivity index (χ2n) is 4.32. The summed E-state index contributed by atoms with van der Waals surface area (Å²) in [5.74, 6) is 0.190. The maximum absolute atomic E-state index is 10.7. The van der Waals surface area contributed by atoms with Crippen LogP contribution in [0.4, 0.5) is 5.69 Å². The normalized spacial score (nSPS) is 12.0. The molecule has 1 unspecified atom stereocenters. The van der Waals surface area contributed by atoms with E-state index in [2.05, 4.69) is 0 Å². The maximum Gasteiger partial charge on any atom is 0.272 e. The molecule has 0 spiro atoms. The van der Waals surface area contributed by atoms with Gasteiger partial charge in [0, 0.05) is 12.1 Å². The van der Waals surface area contributed by atoms with E-state index in [-0.39, 0.29) is 34.1 Å². The lowest BCUT2D eigenvalue weighted by Crippen LogP contribution is -2.19. The van der Waals surface area contributed by atoms with Crippen LogP contribution in [0.25, 0.3) is 0 Å². The highest BCUT2D eigenvalue weighted by Crippen LogP contribution is 2.37. The van der Waals surface area contributed by atoms with E-state index in [1.54, 1.807) is 0 Å². The Kier molecular flexibility index (Phi) is 5.01. The number of non-ortho nitro benzene ring substituents is 1. The lowest BCUT2D eigenvalue weighted by Gasteiger charge is -2.15. The zero-order valence-electron chi connectivity index (χ0n) is 10.8. The average Bonchev–Trinajstić information content (AvgIpc) is 2.46. The van der Waals surface area contributed by atoms with E-state index >= 15 is 0 Å². The molecule has 110 valence electrons. The van der Waals surface area contributed by atoms with Crippen LogP contribution in [0.1, 0.15) is 11.6 Å². The van der Waals surface area contributed by atoms with E-state index in [0.717, 1.165) is 5.56 Å². The Morgan fingerprint density at radius 2 is 1.76 bits per heavy atom. The van der Waals surface area contributed by atoms with Crippen LogP contribution in [0.2, 0.25) is 10.0 Å². The minimum atomic E-state index is -0.572. The number of halogens is 2. The Balaban J connectivity index is 2.12. The summed E-state index contributed by atoms with van der Waals surface area (Å²) in [5, 5.41) is 10.9. The number of hydrogen-bond donors (Lipinski definition) is 1. The predicted octanol–water partition coefficient (Wildman–Crippen LogP) is 3.98. The topological polar surface area (TPSA) is 78.4 Å². The first-order chi connectivity index (χ1) is 9.99. The van der Waals surface area contributed by atoms with Crippen molar-refractivity contribution in [1.82, 2.24) is 0 Å². The molecule has 0 radical (unpaired) electrons. The molecule has 1 atom stereocenters. The van der Waals surface area contributed by atoms with Crippen molar-refractivity contribution in [3.05, 3.63) is 68.2 Å². The Morgan fingerprint density at radius 3 is 2.29 bits per heavy atom. The molecule has 0 aromatic heterocycles. The molecular weight excluding hydrogens is 315 g/mol. The molecule has 2 rings (SSSR count). The van der Waals surface area contributed by atoms with Gasteiger partial charge in [-0.2, -0.15) is 0 Å². The average molecular weight is 327 g/mol. The van der Waals surface area contributed by atoms with Crippen LogP contribution in [0.15, 0.2) is 42.5 Å². The van der Waals surface area contributed by atoms with Crippen molar-refractivity contribution in [2.75, 3.05) is 6.61 Å². The molecule has 0 bridgehead atoms. The van der Waals surface area contributed by atoms with Gasteiger partial charge in [-0.3, -0.25) is 10.1 Å². The highest BCUT2D eigenvalue weighted by Gasteiger charge is 2.17. The zero-order chi connectivity index (χ0) is 15.4. The summed E-state index contributed by atoms with van der Waals surface area (Å²) in [5.41, 5.74) is 6.72. The molecule has 2 aromatic rings. The summed E-state index contributed by atoms with van der Waals surface area (Å²) in [6, 6.07) is 11.4. The molecule has 2 aromatic carbocycles. The molecular formula is C14H12Cl2N2O3. The van der Waals surface area contributed by atoms with Crippen molar-refractivity contribution >= 4 is 28.9 Å². The summed E-state index contributed by atoms with van der Waals surface area (Å²) >= 11 is 11.9. The minimum absolute atomic E-state index is 0.0782. The molecule has 0 saturated carbocycles. The van der Waals surface area contributed by atoms with Crippen LogP contribution in [0.3, 0.4) is 0 Å². The quantitative estimate of drug-likeness (QED) is 0.665. The number of nitrogens with two attached hydrogens (primary N) is 1. The Bertz CT molecular complexity index is 627. The van der Waals surface area contributed by atoms with Crippen LogP contribution in [-0.4, -0.2) is 11.5 Å². The van der Waals surface area contributed by atoms with Crippen molar-refractivity contribution in [2.24, 2.45) is 5.73 Å². The van der Waals surface area contributed by atoms with Crippen LogP contribution in [0.5, 0.6) is 5.75 Å². The lowest BCUT2D eigenvalue weighted by molar-refractivity contribution is -0.384. The van der Waals surface area contributed by atoms with Gasteiger partial charge in [0.15, 0.2) is 5.75 Å². The molecule has 0 aliphatic carbocycles. The van der Waals surface area contributed by atoms with Gasteiger partial charge in [-0.25, -0.2) is 0 Å². The van der Waals surface area contributed by atoms with E-state index in [0.29, 0.717) is 0 Å². The molecule has 2 N–H and O–H groups in total. The first-order valence-electron chi connectivity index (χ1n) is 6.06. The van der Waals surface area contributed by atoms with Gasteiger partial charge in [0.1, 0.15) is 6.61 Å². The van der Waals surface area contributed by atoms with Crippen molar-refractivity contribution in [1.29, 1.82) is 0 Å². The number of benzene rings is 2. The van der Waals surface area contributed by atoms with E-state index in [4.69, 9.17) is 33.7 Å². The molecule has 0 fully saturated rings. The summed E-state index contributed by atoms with van der Waals surface area (Å²) in [4.78, 5) is 10.1. The third-order valence-corrected chi connectivity index (χ3v) is 3.39. The maximum atomic E-state index is 10.7. The fourth-order valence-electron chi connectivity index (χ4n) is 1.76. The van der Waals surface area contributed by atoms with Gasteiger partial charge in [0.25, 0.3) is 5.69 Å². The SMILES string of the molecule is NC(COc1c(Cl)cc([N+](=O)[O-])cc1Cl)c1ccccc1. The van der Waals surface area contributed by atoms with E-state index in [1.165, 1.54) is 12.1 Å². The second-order valence-corrected chi connectivity index (χ2v) is 5.14. The van der Waals surface area contributed by atoms with E-state index in [9.17, 15) is 10.1 Å². The zero-order valence-corrected chi connectivity index (χ0v) is 12.3. The summed E-state index contributed by atoms with van der Waals surface area (Å²) in [6.45, 7) is 0.154. The summed E-state index contributed by atoms with van der Waals surface area (Å²) in [6.07, 6.45) is 0. The molecule has 0 amide bonds. The van der Waals surface area contributed by atoms with Gasteiger partial charge >= 0.3 is 0 Å². The number of nitro benzene ring substituents is 1. The number of hydrogen-bond acceptors (Lipinski definition) is 4. The predicted molar refractivity (Wildman–Crippen MR) is 82.0 cm³/mol. The molecule has 0 heterocycles. The molecule has 5 nitrogen and oxygen atoms in total. The van der Waals surface area contributed by atoms with E-state index in [1.807, 2.05) is 30.3 Å². The summed E-state index contributed by atoms with van der Waals surface area (Å²) in [7, 11) is 0. The van der Waals surface area contributed by atoms with Crippen LogP contribution >= 0.6 is 23.2 Å². The number of nitro groups is 1. The third-order valence-electron chi connectivity index (χ3n) is 2.83. The number of nitrogens with zero attached hydrogens (tertiary/aromatic N) is 1. The molecule has 7 heteroatoms. The smallest absolute Gasteiger partial charge is 0.272 e. The Hall–Kier alpha value is -1.82. The molecule has 0 aliphatic rings. The third kappa shape index (κ3) is 3.85. The van der Waals surface area contributed by atoms with Crippen LogP contribution in [-0.2, 0) is 0 Å². The van der Waals surface area contributed by atoms with Crippen molar-refractivity contribution in [2.45, 2.75) is 6.04 Å². The van der Waals surface area contributed by atoms with Gasteiger partial charge in [-0.05, 0) is 5.56 Å². The van der Waals surface area contributed by atoms with Gasteiger partial charge < -0.3 is 10.5 Å². The molecule has 0 aliphatic heterocycles. The fraction of sp³-hybridized carbons (Fsp3) is 0.143. The molecule has 21 heavy (non-hydrogen) atoms. The van der Waals surface area contributed by atoms with Crippen molar-refractivity contribution < 1.29 is 9.66 Å². The van der Waals surface area contributed by atoms with Gasteiger partial charge in [-0.15, -0.1) is 0 Å². The van der Waals surface area contributed by atoms with Crippen molar-refractivity contribution in [3.8, 4) is 5.75 Å².